The Bertz CT molecular complexity index is 505. The van der Waals surface area contributed by atoms with Crippen molar-refractivity contribution >= 4 is 16.2 Å². The fourth-order valence-corrected chi connectivity index (χ4v) is 3.60. The van der Waals surface area contributed by atoms with Crippen LogP contribution in [0.3, 0.4) is 0 Å². The summed E-state index contributed by atoms with van der Waals surface area (Å²) in [5, 5.41) is 5.58. The number of nitrogens with zero attached hydrogens (tertiary/aromatic N) is 2. The molecule has 86 valence electrons. The largest absolute Gasteiger partial charge is 0.317 e. The normalized spacial score (nSPS) is 20.4. The molecule has 1 N–H and O–H groups in total. The third kappa shape index (κ3) is 1.40. The van der Waals surface area contributed by atoms with Gasteiger partial charge in [0.15, 0.2) is 0 Å². The van der Waals surface area contributed by atoms with E-state index in [1.807, 2.05) is 11.3 Å². The monoisotopic (exact) mass is 235 g/mol. The van der Waals surface area contributed by atoms with E-state index in [-0.39, 0.29) is 5.41 Å². The van der Waals surface area contributed by atoms with Crippen LogP contribution in [0.5, 0.6) is 0 Å². The molecule has 0 amide bonds. The van der Waals surface area contributed by atoms with Crippen LogP contribution in [0, 0.1) is 6.92 Å². The number of aryl methyl sites for hydroxylation is 1. The molecule has 0 aromatic carbocycles. The van der Waals surface area contributed by atoms with Crippen LogP contribution in [-0.2, 0) is 5.41 Å². The van der Waals surface area contributed by atoms with Gasteiger partial charge in [0.25, 0.3) is 0 Å². The lowest BCUT2D eigenvalue weighted by molar-refractivity contribution is 0.331. The Balaban J connectivity index is 2.13. The molecule has 3 heterocycles. The van der Waals surface area contributed by atoms with Crippen molar-refractivity contribution < 1.29 is 0 Å². The maximum absolute atomic E-state index is 4.79. The zero-order valence-electron chi connectivity index (χ0n) is 9.79. The van der Waals surface area contributed by atoms with Crippen molar-refractivity contribution in [2.45, 2.75) is 32.1 Å². The molecule has 0 radical (unpaired) electrons. The van der Waals surface area contributed by atoms with Crippen molar-refractivity contribution in [3.8, 4) is 0 Å². The van der Waals surface area contributed by atoms with Gasteiger partial charge in [0.2, 0.25) is 0 Å². The first-order valence-electron chi connectivity index (χ1n) is 5.84. The first kappa shape index (κ1) is 10.3. The SMILES string of the molecule is Cc1nc(C2(C)CCNCC2)c2sccn12. The van der Waals surface area contributed by atoms with E-state index in [0.717, 1.165) is 18.9 Å². The summed E-state index contributed by atoms with van der Waals surface area (Å²) in [6.07, 6.45) is 4.50. The molecule has 0 aliphatic carbocycles. The van der Waals surface area contributed by atoms with Gasteiger partial charge in [-0.2, -0.15) is 0 Å². The molecule has 2 aromatic heterocycles. The maximum atomic E-state index is 4.79. The summed E-state index contributed by atoms with van der Waals surface area (Å²) in [4.78, 5) is 6.13. The van der Waals surface area contributed by atoms with Crippen molar-refractivity contribution in [3.05, 3.63) is 23.1 Å². The average molecular weight is 235 g/mol. The predicted octanol–water partition coefficient (Wildman–Crippen LogP) is 2.35. The van der Waals surface area contributed by atoms with E-state index in [0.29, 0.717) is 0 Å². The molecule has 16 heavy (non-hydrogen) atoms. The topological polar surface area (TPSA) is 29.3 Å². The highest BCUT2D eigenvalue weighted by atomic mass is 32.1. The third-order valence-electron chi connectivity index (χ3n) is 3.71. The van der Waals surface area contributed by atoms with E-state index in [1.165, 1.54) is 23.4 Å². The van der Waals surface area contributed by atoms with Gasteiger partial charge in [-0.05, 0) is 32.9 Å². The Hall–Kier alpha value is -0.870. The van der Waals surface area contributed by atoms with Crippen LogP contribution in [0.1, 0.15) is 31.3 Å². The first-order valence-corrected chi connectivity index (χ1v) is 6.72. The number of hydrogen-bond acceptors (Lipinski definition) is 3. The lowest BCUT2D eigenvalue weighted by Crippen LogP contribution is -2.38. The molecule has 1 fully saturated rings. The minimum absolute atomic E-state index is 0.260. The molecule has 0 saturated carbocycles. The molecule has 1 aliphatic rings. The predicted molar refractivity (Wildman–Crippen MR) is 67.3 cm³/mol. The maximum Gasteiger partial charge on any atom is 0.123 e. The second-order valence-electron chi connectivity index (χ2n) is 4.90. The average Bonchev–Trinajstić information content (AvgIpc) is 2.84. The minimum atomic E-state index is 0.260. The van der Waals surface area contributed by atoms with Gasteiger partial charge in [-0.25, -0.2) is 4.98 Å². The van der Waals surface area contributed by atoms with Crippen LogP contribution in [0.15, 0.2) is 11.6 Å². The van der Waals surface area contributed by atoms with Crippen LogP contribution in [0.4, 0.5) is 0 Å². The number of aromatic nitrogens is 2. The van der Waals surface area contributed by atoms with E-state index in [9.17, 15) is 0 Å². The van der Waals surface area contributed by atoms with Gasteiger partial charge < -0.3 is 5.32 Å². The molecule has 1 saturated heterocycles. The van der Waals surface area contributed by atoms with Gasteiger partial charge in [-0.1, -0.05) is 6.92 Å². The molecule has 2 aromatic rings. The number of nitrogens with one attached hydrogen (secondary N) is 1. The van der Waals surface area contributed by atoms with E-state index in [2.05, 4.69) is 35.1 Å². The molecule has 4 heteroatoms. The zero-order valence-corrected chi connectivity index (χ0v) is 10.6. The van der Waals surface area contributed by atoms with E-state index >= 15 is 0 Å². The summed E-state index contributed by atoms with van der Waals surface area (Å²) in [7, 11) is 0. The van der Waals surface area contributed by atoms with Crippen molar-refractivity contribution in [1.29, 1.82) is 0 Å². The van der Waals surface area contributed by atoms with Gasteiger partial charge in [-0.3, -0.25) is 4.40 Å². The molecule has 0 unspecified atom stereocenters. The van der Waals surface area contributed by atoms with Crippen molar-refractivity contribution in [2.75, 3.05) is 13.1 Å². The fraction of sp³-hybridized carbons (Fsp3) is 0.583. The highest BCUT2D eigenvalue weighted by Gasteiger charge is 2.33. The molecule has 0 atom stereocenters. The zero-order chi connectivity index (χ0) is 11.2. The number of fused-ring (bicyclic) bond motifs is 1. The summed E-state index contributed by atoms with van der Waals surface area (Å²) in [5.74, 6) is 1.12. The number of rotatable bonds is 1. The number of imidazole rings is 1. The first-order chi connectivity index (χ1) is 7.71. The molecular weight excluding hydrogens is 218 g/mol. The second kappa shape index (κ2) is 3.57. The van der Waals surface area contributed by atoms with E-state index in [1.54, 1.807) is 0 Å². The van der Waals surface area contributed by atoms with Crippen molar-refractivity contribution in [3.63, 3.8) is 0 Å². The Labute approximate surface area is 99.5 Å². The summed E-state index contributed by atoms with van der Waals surface area (Å²) >= 11 is 1.81. The summed E-state index contributed by atoms with van der Waals surface area (Å²) in [6, 6.07) is 0. The van der Waals surface area contributed by atoms with Gasteiger partial charge in [0, 0.05) is 17.0 Å². The molecule has 3 nitrogen and oxygen atoms in total. The van der Waals surface area contributed by atoms with Crippen LogP contribution >= 0.6 is 11.3 Å². The summed E-state index contributed by atoms with van der Waals surface area (Å²) < 4.78 is 2.22. The van der Waals surface area contributed by atoms with Gasteiger partial charge >= 0.3 is 0 Å². The number of piperidine rings is 1. The van der Waals surface area contributed by atoms with Crippen LogP contribution < -0.4 is 5.32 Å². The van der Waals surface area contributed by atoms with Gasteiger partial charge in [0.05, 0.1) is 5.69 Å². The molecule has 0 bridgehead atoms. The van der Waals surface area contributed by atoms with E-state index in [4.69, 9.17) is 4.98 Å². The molecule has 1 aliphatic heterocycles. The van der Waals surface area contributed by atoms with Crippen LogP contribution in [0.25, 0.3) is 4.83 Å². The van der Waals surface area contributed by atoms with Gasteiger partial charge in [-0.15, -0.1) is 11.3 Å². The molecule has 0 spiro atoms. The lowest BCUT2D eigenvalue weighted by atomic mass is 9.78. The Morgan fingerprint density at radius 3 is 2.94 bits per heavy atom. The third-order valence-corrected chi connectivity index (χ3v) is 4.58. The second-order valence-corrected chi connectivity index (χ2v) is 5.79. The van der Waals surface area contributed by atoms with Crippen molar-refractivity contribution in [2.24, 2.45) is 0 Å². The summed E-state index contributed by atoms with van der Waals surface area (Å²) in [5.41, 5.74) is 1.57. The highest BCUT2D eigenvalue weighted by molar-refractivity contribution is 7.15. The van der Waals surface area contributed by atoms with Crippen molar-refractivity contribution in [1.82, 2.24) is 14.7 Å². The standard InChI is InChI=1S/C12H17N3S/c1-9-14-10(11-15(9)7-8-16-11)12(2)3-5-13-6-4-12/h7-8,13H,3-6H2,1-2H3. The van der Waals surface area contributed by atoms with Gasteiger partial charge in [0.1, 0.15) is 10.7 Å². The number of thiazole rings is 1. The van der Waals surface area contributed by atoms with E-state index < -0.39 is 0 Å². The molecular formula is C12H17N3S. The summed E-state index contributed by atoms with van der Waals surface area (Å²) in [6.45, 7) is 6.67. The minimum Gasteiger partial charge on any atom is -0.317 e. The van der Waals surface area contributed by atoms with Crippen LogP contribution in [0.2, 0.25) is 0 Å². The Kier molecular flexibility index (Phi) is 2.30. The van der Waals surface area contributed by atoms with Crippen LogP contribution in [-0.4, -0.2) is 22.5 Å². The number of hydrogen-bond donors (Lipinski definition) is 1. The lowest BCUT2D eigenvalue weighted by Gasteiger charge is -2.32. The Morgan fingerprint density at radius 2 is 2.19 bits per heavy atom. The fourth-order valence-electron chi connectivity index (χ4n) is 2.58. The quantitative estimate of drug-likeness (QED) is 0.822. The highest BCUT2D eigenvalue weighted by Crippen LogP contribution is 2.36. The smallest absolute Gasteiger partial charge is 0.123 e. The molecule has 3 rings (SSSR count). The Morgan fingerprint density at radius 1 is 1.44 bits per heavy atom.